The van der Waals surface area contributed by atoms with Crippen molar-refractivity contribution in [1.29, 1.82) is 0 Å². The van der Waals surface area contributed by atoms with Crippen molar-refractivity contribution in [2.45, 2.75) is 24.5 Å². The van der Waals surface area contributed by atoms with Gasteiger partial charge in [0.25, 0.3) is 0 Å². The summed E-state index contributed by atoms with van der Waals surface area (Å²) in [6.07, 6.45) is 2.88. The fourth-order valence-electron chi connectivity index (χ4n) is 1.75. The van der Waals surface area contributed by atoms with Gasteiger partial charge in [-0.05, 0) is 19.9 Å². The summed E-state index contributed by atoms with van der Waals surface area (Å²) in [5.74, 6) is 0. The Morgan fingerprint density at radius 1 is 1.64 bits per heavy atom. The number of hydrogen-bond donors (Lipinski definition) is 1. The van der Waals surface area contributed by atoms with Crippen molar-refractivity contribution < 1.29 is 4.74 Å². The van der Waals surface area contributed by atoms with Crippen LogP contribution in [0.2, 0.25) is 0 Å². The highest BCUT2D eigenvalue weighted by Gasteiger charge is 2.49. The van der Waals surface area contributed by atoms with Gasteiger partial charge < -0.3 is 10.5 Å². The molecule has 2 N–H and O–H groups in total. The maximum Gasteiger partial charge on any atom is 0.0824 e. The second-order valence-corrected chi connectivity index (χ2v) is 3.77. The summed E-state index contributed by atoms with van der Waals surface area (Å²) in [6.45, 7) is 2.56. The van der Waals surface area contributed by atoms with Crippen LogP contribution in [0.15, 0.2) is 0 Å². The van der Waals surface area contributed by atoms with E-state index in [1.54, 1.807) is 0 Å². The van der Waals surface area contributed by atoms with E-state index < -0.39 is 0 Å². The topological polar surface area (TPSA) is 38.5 Å². The molecule has 1 spiro atoms. The average molecular weight is 156 g/mol. The molecule has 3 heteroatoms. The third-order valence-corrected chi connectivity index (χ3v) is 2.97. The summed E-state index contributed by atoms with van der Waals surface area (Å²) in [5, 5.41) is 0. The molecule has 64 valence electrons. The van der Waals surface area contributed by atoms with Crippen molar-refractivity contribution in [2.75, 3.05) is 26.7 Å². The summed E-state index contributed by atoms with van der Waals surface area (Å²) in [6, 6.07) is 0. The SMILES string of the molecule is CN1CC(CN)OCC12CC2. The molecule has 0 amide bonds. The first-order valence-corrected chi connectivity index (χ1v) is 4.30. The number of rotatable bonds is 1. The molecule has 1 aliphatic heterocycles. The molecule has 1 heterocycles. The van der Waals surface area contributed by atoms with Crippen LogP contribution in [0.1, 0.15) is 12.8 Å². The monoisotopic (exact) mass is 156 g/mol. The number of nitrogens with zero attached hydrogens (tertiary/aromatic N) is 1. The highest BCUT2D eigenvalue weighted by molar-refractivity contribution is 5.05. The quantitative estimate of drug-likeness (QED) is 0.572. The van der Waals surface area contributed by atoms with E-state index in [4.69, 9.17) is 10.5 Å². The molecule has 1 aliphatic carbocycles. The number of hydrogen-bond acceptors (Lipinski definition) is 3. The van der Waals surface area contributed by atoms with Crippen molar-refractivity contribution in [3.05, 3.63) is 0 Å². The lowest BCUT2D eigenvalue weighted by atomic mass is 10.2. The maximum absolute atomic E-state index is 5.61. The Morgan fingerprint density at radius 3 is 2.82 bits per heavy atom. The fraction of sp³-hybridized carbons (Fsp3) is 1.00. The van der Waals surface area contributed by atoms with Gasteiger partial charge in [-0.3, -0.25) is 4.90 Å². The molecule has 2 fully saturated rings. The van der Waals surface area contributed by atoms with Crippen LogP contribution in [0.3, 0.4) is 0 Å². The van der Waals surface area contributed by atoms with Gasteiger partial charge in [-0.1, -0.05) is 0 Å². The van der Waals surface area contributed by atoms with Gasteiger partial charge in [-0.15, -0.1) is 0 Å². The summed E-state index contributed by atoms with van der Waals surface area (Å²) >= 11 is 0. The van der Waals surface area contributed by atoms with E-state index in [2.05, 4.69) is 11.9 Å². The van der Waals surface area contributed by atoms with Crippen LogP contribution in [-0.4, -0.2) is 43.3 Å². The summed E-state index contributed by atoms with van der Waals surface area (Å²) in [5.41, 5.74) is 5.95. The van der Waals surface area contributed by atoms with Crippen molar-refractivity contribution >= 4 is 0 Å². The third kappa shape index (κ3) is 1.17. The van der Waals surface area contributed by atoms with E-state index in [-0.39, 0.29) is 6.10 Å². The highest BCUT2D eigenvalue weighted by atomic mass is 16.5. The van der Waals surface area contributed by atoms with Gasteiger partial charge in [0.15, 0.2) is 0 Å². The van der Waals surface area contributed by atoms with E-state index in [0.717, 1.165) is 13.2 Å². The van der Waals surface area contributed by atoms with Gasteiger partial charge in [-0.25, -0.2) is 0 Å². The molecule has 1 atom stereocenters. The molecular weight excluding hydrogens is 140 g/mol. The molecule has 0 aromatic carbocycles. The molecular formula is C8H16N2O. The molecule has 0 bridgehead atoms. The lowest BCUT2D eigenvalue weighted by Crippen LogP contribution is -2.51. The van der Waals surface area contributed by atoms with Crippen LogP contribution >= 0.6 is 0 Å². The van der Waals surface area contributed by atoms with Crippen LogP contribution in [0.5, 0.6) is 0 Å². The zero-order chi connectivity index (χ0) is 7.90. The normalized spacial score (nSPS) is 36.0. The van der Waals surface area contributed by atoms with Crippen molar-refractivity contribution in [3.63, 3.8) is 0 Å². The van der Waals surface area contributed by atoms with E-state index in [0.29, 0.717) is 12.1 Å². The molecule has 1 saturated heterocycles. The summed E-state index contributed by atoms with van der Waals surface area (Å²) < 4.78 is 5.61. The van der Waals surface area contributed by atoms with Gasteiger partial charge in [0, 0.05) is 18.6 Å². The van der Waals surface area contributed by atoms with Crippen LogP contribution in [0, 0.1) is 0 Å². The Morgan fingerprint density at radius 2 is 2.36 bits per heavy atom. The largest absolute Gasteiger partial charge is 0.374 e. The molecule has 1 saturated carbocycles. The average Bonchev–Trinajstić information content (AvgIpc) is 2.77. The van der Waals surface area contributed by atoms with Gasteiger partial charge >= 0.3 is 0 Å². The van der Waals surface area contributed by atoms with Crippen molar-refractivity contribution in [2.24, 2.45) is 5.73 Å². The van der Waals surface area contributed by atoms with Crippen molar-refractivity contribution in [1.82, 2.24) is 4.90 Å². The molecule has 0 aromatic heterocycles. The number of nitrogens with two attached hydrogens (primary N) is 1. The predicted molar refractivity (Wildman–Crippen MR) is 43.4 cm³/mol. The Balaban J connectivity index is 1.94. The van der Waals surface area contributed by atoms with Gasteiger partial charge in [0.1, 0.15) is 0 Å². The minimum absolute atomic E-state index is 0.270. The number of ether oxygens (including phenoxy) is 1. The van der Waals surface area contributed by atoms with Crippen LogP contribution in [0.25, 0.3) is 0 Å². The fourth-order valence-corrected chi connectivity index (χ4v) is 1.75. The zero-order valence-corrected chi connectivity index (χ0v) is 7.05. The molecule has 1 unspecified atom stereocenters. The standard InChI is InChI=1S/C8H16N2O/c1-10-5-7(4-9)11-6-8(10)2-3-8/h7H,2-6,9H2,1H3. The lowest BCUT2D eigenvalue weighted by Gasteiger charge is -2.37. The Hall–Kier alpha value is -0.120. The van der Waals surface area contributed by atoms with Crippen LogP contribution in [0.4, 0.5) is 0 Å². The van der Waals surface area contributed by atoms with Gasteiger partial charge in [-0.2, -0.15) is 0 Å². The zero-order valence-electron chi connectivity index (χ0n) is 7.05. The van der Waals surface area contributed by atoms with Crippen LogP contribution < -0.4 is 5.73 Å². The first kappa shape index (κ1) is 7.53. The highest BCUT2D eigenvalue weighted by Crippen LogP contribution is 2.43. The third-order valence-electron chi connectivity index (χ3n) is 2.97. The van der Waals surface area contributed by atoms with E-state index in [9.17, 15) is 0 Å². The van der Waals surface area contributed by atoms with E-state index in [1.165, 1.54) is 12.8 Å². The van der Waals surface area contributed by atoms with Crippen molar-refractivity contribution in [3.8, 4) is 0 Å². The number of morpholine rings is 1. The first-order chi connectivity index (χ1) is 5.27. The van der Waals surface area contributed by atoms with E-state index in [1.807, 2.05) is 0 Å². The summed E-state index contributed by atoms with van der Waals surface area (Å²) in [7, 11) is 2.18. The molecule has 2 aliphatic rings. The molecule has 0 radical (unpaired) electrons. The Labute approximate surface area is 67.5 Å². The minimum atomic E-state index is 0.270. The second-order valence-electron chi connectivity index (χ2n) is 3.77. The van der Waals surface area contributed by atoms with Gasteiger partial charge in [0.05, 0.1) is 12.7 Å². The van der Waals surface area contributed by atoms with E-state index >= 15 is 0 Å². The maximum atomic E-state index is 5.61. The Bertz CT molecular complexity index is 156. The lowest BCUT2D eigenvalue weighted by molar-refractivity contribution is -0.0591. The Kier molecular flexibility index (Phi) is 1.67. The first-order valence-electron chi connectivity index (χ1n) is 4.30. The smallest absolute Gasteiger partial charge is 0.0824 e. The predicted octanol–water partition coefficient (Wildman–Crippen LogP) is -0.192. The minimum Gasteiger partial charge on any atom is -0.374 e. The number of likely N-dealkylation sites (N-methyl/N-ethyl adjacent to an activating group) is 1. The molecule has 11 heavy (non-hydrogen) atoms. The molecule has 2 rings (SSSR count). The summed E-state index contributed by atoms with van der Waals surface area (Å²) in [4.78, 5) is 2.41. The van der Waals surface area contributed by atoms with Gasteiger partial charge in [0.2, 0.25) is 0 Å². The second kappa shape index (κ2) is 2.44. The van der Waals surface area contributed by atoms with Crippen LogP contribution in [-0.2, 0) is 4.74 Å². The molecule has 3 nitrogen and oxygen atoms in total. The molecule has 0 aromatic rings.